The second-order valence-corrected chi connectivity index (χ2v) is 5.27. The largest absolute Gasteiger partial charge is 0.477 e. The van der Waals surface area contributed by atoms with Gasteiger partial charge in [0.25, 0.3) is 11.8 Å². The number of hydrogen-bond acceptors (Lipinski definition) is 8. The lowest BCUT2D eigenvalue weighted by molar-refractivity contribution is -0.304. The number of rotatable bonds is 3. The van der Waals surface area contributed by atoms with Crippen LogP contribution in [0.5, 0.6) is 0 Å². The van der Waals surface area contributed by atoms with Crippen LogP contribution < -0.4 is 5.48 Å². The molecule has 2 rings (SSSR count). The SMILES string of the molecule is COC1=NC2CC(NOO)C(C)C(CC#N)C2N=C1OC. The summed E-state index contributed by atoms with van der Waals surface area (Å²) in [7, 11) is 3.03. The Morgan fingerprint density at radius 1 is 1.33 bits per heavy atom. The summed E-state index contributed by atoms with van der Waals surface area (Å²) in [6, 6.07) is 1.81. The van der Waals surface area contributed by atoms with E-state index >= 15 is 0 Å². The Labute approximate surface area is 123 Å². The van der Waals surface area contributed by atoms with Crippen molar-refractivity contribution >= 4 is 11.8 Å². The summed E-state index contributed by atoms with van der Waals surface area (Å²) in [5, 5.41) is 17.7. The first-order chi connectivity index (χ1) is 10.2. The Hall–Kier alpha value is -1.69. The second kappa shape index (κ2) is 6.85. The van der Waals surface area contributed by atoms with Crippen molar-refractivity contribution in [2.75, 3.05) is 14.2 Å². The lowest BCUT2D eigenvalue weighted by Crippen LogP contribution is -2.53. The van der Waals surface area contributed by atoms with Crippen LogP contribution in [0.15, 0.2) is 9.98 Å². The number of nitrogens with one attached hydrogen (secondary N) is 1. The monoisotopic (exact) mass is 296 g/mol. The van der Waals surface area contributed by atoms with Crippen LogP contribution in [0, 0.1) is 23.2 Å². The molecular weight excluding hydrogens is 276 g/mol. The minimum Gasteiger partial charge on any atom is -0.477 e. The molecular formula is C13H20N4O4. The van der Waals surface area contributed by atoms with Gasteiger partial charge >= 0.3 is 0 Å². The van der Waals surface area contributed by atoms with Crippen molar-refractivity contribution in [2.24, 2.45) is 21.8 Å². The van der Waals surface area contributed by atoms with Gasteiger partial charge in [-0.25, -0.2) is 15.2 Å². The number of hydroxylamine groups is 1. The zero-order valence-electron chi connectivity index (χ0n) is 12.3. The standard InChI is InChI=1S/C13H20N4O4/c1-7-8(4-5-14)11-10(6-9(7)17-21-18)15-12(19-2)13(16-11)20-3/h7-11,17-18H,4,6H2,1-3H3. The molecule has 0 aromatic carbocycles. The third kappa shape index (κ3) is 3.00. The summed E-state index contributed by atoms with van der Waals surface area (Å²) in [6.45, 7) is 2.01. The predicted molar refractivity (Wildman–Crippen MR) is 74.6 cm³/mol. The quantitative estimate of drug-likeness (QED) is 0.588. The molecule has 1 aliphatic carbocycles. The van der Waals surface area contributed by atoms with Crippen LogP contribution in [-0.2, 0) is 14.5 Å². The molecule has 0 radical (unpaired) electrons. The van der Waals surface area contributed by atoms with E-state index < -0.39 is 0 Å². The molecule has 5 atom stereocenters. The normalized spacial score (nSPS) is 35.1. The van der Waals surface area contributed by atoms with Gasteiger partial charge < -0.3 is 9.47 Å². The van der Waals surface area contributed by atoms with Crippen molar-refractivity contribution in [3.05, 3.63) is 0 Å². The molecule has 0 amide bonds. The third-order valence-electron chi connectivity index (χ3n) is 4.29. The van der Waals surface area contributed by atoms with Gasteiger partial charge in [0.15, 0.2) is 0 Å². The van der Waals surface area contributed by atoms with Gasteiger partial charge in [-0.1, -0.05) is 6.92 Å². The van der Waals surface area contributed by atoms with Crippen LogP contribution in [0.1, 0.15) is 19.8 Å². The first-order valence-corrected chi connectivity index (χ1v) is 6.83. The molecule has 2 N–H and O–H groups in total. The number of ether oxygens (including phenoxy) is 2. The smallest absolute Gasteiger partial charge is 0.273 e. The third-order valence-corrected chi connectivity index (χ3v) is 4.29. The molecule has 5 unspecified atom stereocenters. The molecule has 1 heterocycles. The Kier molecular flexibility index (Phi) is 5.12. The molecule has 0 saturated heterocycles. The maximum Gasteiger partial charge on any atom is 0.273 e. The average Bonchev–Trinajstić information content (AvgIpc) is 2.50. The number of hydrogen-bond donors (Lipinski definition) is 2. The maximum absolute atomic E-state index is 9.07. The average molecular weight is 296 g/mol. The van der Waals surface area contributed by atoms with Gasteiger partial charge in [0.05, 0.1) is 32.4 Å². The van der Waals surface area contributed by atoms with Crippen LogP contribution in [0.4, 0.5) is 0 Å². The van der Waals surface area contributed by atoms with Crippen molar-refractivity contribution < 1.29 is 19.7 Å². The molecule has 1 saturated carbocycles. The summed E-state index contributed by atoms with van der Waals surface area (Å²) >= 11 is 0. The Morgan fingerprint density at radius 2 is 2.00 bits per heavy atom. The van der Waals surface area contributed by atoms with E-state index in [0.717, 1.165) is 0 Å². The fourth-order valence-corrected chi connectivity index (χ4v) is 3.13. The van der Waals surface area contributed by atoms with Crippen molar-refractivity contribution in [2.45, 2.75) is 37.9 Å². The molecule has 116 valence electrons. The van der Waals surface area contributed by atoms with Crippen LogP contribution in [-0.4, -0.2) is 49.4 Å². The molecule has 8 nitrogen and oxygen atoms in total. The van der Waals surface area contributed by atoms with Crippen LogP contribution >= 0.6 is 0 Å². The minimum atomic E-state index is -0.138. The van der Waals surface area contributed by atoms with Gasteiger partial charge in [0.1, 0.15) is 0 Å². The van der Waals surface area contributed by atoms with Crippen molar-refractivity contribution in [1.29, 1.82) is 5.26 Å². The Bertz CT molecular complexity index is 473. The summed E-state index contributed by atoms with van der Waals surface area (Å²) < 4.78 is 10.4. The molecule has 1 fully saturated rings. The topological polar surface area (TPSA) is 108 Å². The van der Waals surface area contributed by atoms with E-state index in [2.05, 4.69) is 26.5 Å². The van der Waals surface area contributed by atoms with E-state index in [-0.39, 0.29) is 30.0 Å². The molecule has 8 heteroatoms. The Morgan fingerprint density at radius 3 is 2.57 bits per heavy atom. The fraction of sp³-hybridized carbons (Fsp3) is 0.769. The van der Waals surface area contributed by atoms with E-state index in [0.29, 0.717) is 24.6 Å². The van der Waals surface area contributed by atoms with E-state index in [4.69, 9.17) is 20.0 Å². The van der Waals surface area contributed by atoms with E-state index in [1.807, 2.05) is 6.92 Å². The summed E-state index contributed by atoms with van der Waals surface area (Å²) in [5.74, 6) is 0.805. The summed E-state index contributed by atoms with van der Waals surface area (Å²) in [5.41, 5.74) is 2.57. The summed E-state index contributed by atoms with van der Waals surface area (Å²) in [6.07, 6.45) is 0.978. The highest BCUT2D eigenvalue weighted by Crippen LogP contribution is 2.37. The van der Waals surface area contributed by atoms with Crippen LogP contribution in [0.2, 0.25) is 0 Å². The van der Waals surface area contributed by atoms with Gasteiger partial charge in [-0.3, -0.25) is 0 Å². The zero-order valence-corrected chi connectivity index (χ0v) is 12.3. The number of nitrogens with zero attached hydrogens (tertiary/aromatic N) is 3. The van der Waals surface area contributed by atoms with E-state index in [1.165, 1.54) is 14.2 Å². The number of nitriles is 1. The lowest BCUT2D eigenvalue weighted by atomic mass is 9.70. The van der Waals surface area contributed by atoms with Crippen LogP contribution in [0.25, 0.3) is 0 Å². The maximum atomic E-state index is 9.07. The van der Waals surface area contributed by atoms with E-state index in [9.17, 15) is 0 Å². The molecule has 1 aliphatic heterocycles. The molecule has 0 aromatic rings. The van der Waals surface area contributed by atoms with Gasteiger partial charge in [-0.2, -0.15) is 10.7 Å². The second-order valence-electron chi connectivity index (χ2n) is 5.27. The molecule has 0 aromatic heterocycles. The number of aliphatic imine (C=N–C) groups is 2. The van der Waals surface area contributed by atoms with Gasteiger partial charge in [-0.05, 0) is 12.3 Å². The molecule has 2 aliphatic rings. The first-order valence-electron chi connectivity index (χ1n) is 6.83. The van der Waals surface area contributed by atoms with Crippen molar-refractivity contribution in [3.8, 4) is 6.07 Å². The van der Waals surface area contributed by atoms with Crippen molar-refractivity contribution in [3.63, 3.8) is 0 Å². The van der Waals surface area contributed by atoms with Gasteiger partial charge in [0.2, 0.25) is 0 Å². The zero-order chi connectivity index (χ0) is 15.4. The van der Waals surface area contributed by atoms with Gasteiger partial charge in [-0.15, -0.1) is 4.99 Å². The predicted octanol–water partition coefficient (Wildman–Crippen LogP) is 0.759. The number of fused-ring (bicyclic) bond motifs is 1. The highest BCUT2D eigenvalue weighted by atomic mass is 17.2. The van der Waals surface area contributed by atoms with Crippen molar-refractivity contribution in [1.82, 2.24) is 5.48 Å². The fourth-order valence-electron chi connectivity index (χ4n) is 3.13. The van der Waals surface area contributed by atoms with Gasteiger partial charge in [0, 0.05) is 18.4 Å². The molecule has 0 spiro atoms. The first kappa shape index (κ1) is 15.7. The molecule has 0 bridgehead atoms. The lowest BCUT2D eigenvalue weighted by Gasteiger charge is -2.43. The highest BCUT2D eigenvalue weighted by Gasteiger charge is 2.45. The summed E-state index contributed by atoms with van der Waals surface area (Å²) in [4.78, 5) is 13.2. The van der Waals surface area contributed by atoms with E-state index in [1.54, 1.807) is 0 Å². The minimum absolute atomic E-state index is 0.00583. The van der Waals surface area contributed by atoms with Crippen LogP contribution in [0.3, 0.4) is 0 Å². The molecule has 21 heavy (non-hydrogen) atoms. The highest BCUT2D eigenvalue weighted by molar-refractivity contribution is 6.35. The number of methoxy groups -OCH3 is 2. The Balaban J connectivity index is 2.30.